The maximum absolute atomic E-state index is 12.0. The quantitative estimate of drug-likeness (QED) is 0.734. The number of oxazole rings is 1. The Morgan fingerprint density at radius 3 is 2.52 bits per heavy atom. The average Bonchev–Trinajstić information content (AvgIpc) is 3.17. The molecule has 0 fully saturated rings. The fraction of sp³-hybridized carbons (Fsp3) is 0.238. The number of hydrogen-bond acceptors (Lipinski definition) is 4. The van der Waals surface area contributed by atoms with E-state index in [-0.39, 0.29) is 11.8 Å². The highest BCUT2D eigenvalue weighted by atomic mass is 16.3. The van der Waals surface area contributed by atoms with E-state index in [0.717, 1.165) is 22.3 Å². The number of rotatable bonds is 6. The fourth-order valence-corrected chi connectivity index (χ4v) is 2.79. The van der Waals surface area contributed by atoms with Crippen LogP contribution in [0.3, 0.4) is 0 Å². The van der Waals surface area contributed by atoms with Crippen LogP contribution in [0.15, 0.2) is 59.3 Å². The number of Topliss-reactive ketones (excluding diaryl/α,β-unsaturated/α-hetero) is 1. The summed E-state index contributed by atoms with van der Waals surface area (Å²) in [5, 5.41) is 0. The molecule has 0 spiro atoms. The summed E-state index contributed by atoms with van der Waals surface area (Å²) in [6, 6.07) is 13.8. The smallest absolute Gasteiger partial charge is 0.225 e. The van der Waals surface area contributed by atoms with Crippen molar-refractivity contribution >= 4 is 5.78 Å². The van der Waals surface area contributed by atoms with E-state index in [9.17, 15) is 4.79 Å². The molecule has 0 aliphatic carbocycles. The Balaban J connectivity index is 1.85. The zero-order valence-electron chi connectivity index (χ0n) is 14.5. The lowest BCUT2D eigenvalue weighted by Gasteiger charge is -2.10. The Morgan fingerprint density at radius 2 is 1.88 bits per heavy atom. The largest absolute Gasteiger partial charge is 0.445 e. The van der Waals surface area contributed by atoms with Crippen molar-refractivity contribution in [3.63, 3.8) is 0 Å². The minimum Gasteiger partial charge on any atom is -0.445 e. The zero-order chi connectivity index (χ0) is 17.8. The van der Waals surface area contributed by atoms with Gasteiger partial charge < -0.3 is 10.2 Å². The number of carbonyl (C=O) groups excluding carboxylic acids is 1. The van der Waals surface area contributed by atoms with Crippen LogP contribution in [-0.4, -0.2) is 16.8 Å². The van der Waals surface area contributed by atoms with Crippen molar-refractivity contribution < 1.29 is 9.21 Å². The molecule has 0 aliphatic heterocycles. The molecule has 1 unspecified atom stereocenters. The Hall–Kier alpha value is -2.72. The van der Waals surface area contributed by atoms with Crippen LogP contribution in [0.4, 0.5) is 0 Å². The summed E-state index contributed by atoms with van der Waals surface area (Å²) in [7, 11) is 0. The van der Waals surface area contributed by atoms with Crippen LogP contribution in [0.1, 0.15) is 24.5 Å². The van der Waals surface area contributed by atoms with E-state index < -0.39 is 0 Å². The Labute approximate surface area is 147 Å². The van der Waals surface area contributed by atoms with Crippen molar-refractivity contribution in [2.45, 2.75) is 32.7 Å². The van der Waals surface area contributed by atoms with Gasteiger partial charge in [-0.15, -0.1) is 0 Å². The third-order valence-electron chi connectivity index (χ3n) is 4.41. The molecule has 0 saturated carbocycles. The zero-order valence-corrected chi connectivity index (χ0v) is 14.5. The lowest BCUT2D eigenvalue weighted by atomic mass is 9.95. The first-order valence-corrected chi connectivity index (χ1v) is 8.46. The number of aromatic nitrogens is 1. The molecular weight excluding hydrogens is 312 g/mol. The summed E-state index contributed by atoms with van der Waals surface area (Å²) in [6.45, 7) is 4.00. The Morgan fingerprint density at radius 1 is 1.16 bits per heavy atom. The van der Waals surface area contributed by atoms with E-state index in [1.807, 2.05) is 37.3 Å². The summed E-state index contributed by atoms with van der Waals surface area (Å²) in [5.41, 5.74) is 11.1. The van der Waals surface area contributed by atoms with Crippen LogP contribution < -0.4 is 5.73 Å². The van der Waals surface area contributed by atoms with E-state index in [1.165, 1.54) is 5.56 Å². The Kier molecular flexibility index (Phi) is 5.10. The highest BCUT2D eigenvalue weighted by Crippen LogP contribution is 2.29. The van der Waals surface area contributed by atoms with Crippen LogP contribution in [0, 0.1) is 6.92 Å². The fourth-order valence-electron chi connectivity index (χ4n) is 2.79. The first kappa shape index (κ1) is 17.1. The maximum atomic E-state index is 12.0. The number of nitrogens with two attached hydrogens (primary N) is 1. The second-order valence-electron chi connectivity index (χ2n) is 6.22. The van der Waals surface area contributed by atoms with Gasteiger partial charge in [-0.3, -0.25) is 4.79 Å². The molecule has 4 heteroatoms. The molecule has 0 aliphatic rings. The van der Waals surface area contributed by atoms with Crippen LogP contribution in [0.5, 0.6) is 0 Å². The van der Waals surface area contributed by atoms with Gasteiger partial charge in [0.05, 0.1) is 12.2 Å². The number of ketones is 1. The van der Waals surface area contributed by atoms with Crippen molar-refractivity contribution in [2.24, 2.45) is 5.73 Å². The standard InChI is InChI=1S/C21H22N2O2/c1-3-19(22)20(24)12-15-5-8-16(9-6-15)18-13-17(7-4-14(18)2)21-23-10-11-25-21/h4-11,13,19H,3,12,22H2,1-2H3. The number of nitrogens with zero attached hydrogens (tertiary/aromatic N) is 1. The predicted octanol–water partition coefficient (Wildman–Crippen LogP) is 4.17. The second-order valence-corrected chi connectivity index (χ2v) is 6.22. The van der Waals surface area contributed by atoms with Gasteiger partial charge in [0.1, 0.15) is 6.26 Å². The predicted molar refractivity (Wildman–Crippen MR) is 99.1 cm³/mol. The molecule has 1 atom stereocenters. The first-order chi connectivity index (χ1) is 12.1. The molecule has 2 N–H and O–H groups in total. The molecule has 0 radical (unpaired) electrons. The van der Waals surface area contributed by atoms with E-state index in [1.54, 1.807) is 12.5 Å². The molecule has 0 amide bonds. The highest BCUT2D eigenvalue weighted by Gasteiger charge is 2.12. The molecule has 3 aromatic rings. The molecule has 2 aromatic carbocycles. The van der Waals surface area contributed by atoms with E-state index >= 15 is 0 Å². The number of hydrogen-bond donors (Lipinski definition) is 1. The molecule has 1 aromatic heterocycles. The van der Waals surface area contributed by atoms with Gasteiger partial charge in [-0.25, -0.2) is 4.98 Å². The van der Waals surface area contributed by atoms with Crippen molar-refractivity contribution in [3.8, 4) is 22.6 Å². The summed E-state index contributed by atoms with van der Waals surface area (Å²) in [4.78, 5) is 16.2. The highest BCUT2D eigenvalue weighted by molar-refractivity contribution is 5.86. The van der Waals surface area contributed by atoms with Gasteiger partial charge >= 0.3 is 0 Å². The van der Waals surface area contributed by atoms with Gasteiger partial charge in [0.15, 0.2) is 5.78 Å². The van der Waals surface area contributed by atoms with Crippen LogP contribution in [0.2, 0.25) is 0 Å². The van der Waals surface area contributed by atoms with Gasteiger partial charge in [0, 0.05) is 12.0 Å². The maximum Gasteiger partial charge on any atom is 0.225 e. The van der Waals surface area contributed by atoms with E-state index in [4.69, 9.17) is 10.2 Å². The molecule has 1 heterocycles. The van der Waals surface area contributed by atoms with Gasteiger partial charge in [-0.1, -0.05) is 37.3 Å². The summed E-state index contributed by atoms with van der Waals surface area (Å²) < 4.78 is 5.39. The van der Waals surface area contributed by atoms with E-state index in [2.05, 4.69) is 24.0 Å². The van der Waals surface area contributed by atoms with Crippen molar-refractivity contribution in [2.75, 3.05) is 0 Å². The SMILES string of the molecule is CCC(N)C(=O)Cc1ccc(-c2cc(-c3ncco3)ccc2C)cc1. The van der Waals surface area contributed by atoms with Gasteiger partial charge in [0.25, 0.3) is 0 Å². The molecule has 0 saturated heterocycles. The average molecular weight is 334 g/mol. The molecular formula is C21H22N2O2. The lowest BCUT2D eigenvalue weighted by molar-refractivity contribution is -0.119. The number of benzene rings is 2. The van der Waals surface area contributed by atoms with Crippen molar-refractivity contribution in [3.05, 3.63) is 66.1 Å². The minimum atomic E-state index is -0.376. The molecule has 4 nitrogen and oxygen atoms in total. The summed E-state index contributed by atoms with van der Waals surface area (Å²) >= 11 is 0. The Bertz CT molecular complexity index is 852. The number of carbonyl (C=O) groups is 1. The second kappa shape index (κ2) is 7.45. The topological polar surface area (TPSA) is 69.1 Å². The van der Waals surface area contributed by atoms with Gasteiger partial charge in [-0.2, -0.15) is 0 Å². The molecule has 128 valence electrons. The first-order valence-electron chi connectivity index (χ1n) is 8.46. The molecule has 3 rings (SSSR count). The third kappa shape index (κ3) is 3.86. The monoisotopic (exact) mass is 334 g/mol. The minimum absolute atomic E-state index is 0.0809. The number of aryl methyl sites for hydroxylation is 1. The molecule has 0 bridgehead atoms. The third-order valence-corrected chi connectivity index (χ3v) is 4.41. The lowest BCUT2D eigenvalue weighted by Crippen LogP contribution is -2.30. The summed E-state index contributed by atoms with van der Waals surface area (Å²) in [6.07, 6.45) is 4.26. The van der Waals surface area contributed by atoms with Crippen LogP contribution >= 0.6 is 0 Å². The van der Waals surface area contributed by atoms with Gasteiger partial charge in [0.2, 0.25) is 5.89 Å². The van der Waals surface area contributed by atoms with E-state index in [0.29, 0.717) is 18.7 Å². The van der Waals surface area contributed by atoms with Crippen LogP contribution in [0.25, 0.3) is 22.6 Å². The summed E-state index contributed by atoms with van der Waals surface area (Å²) in [5.74, 6) is 0.689. The van der Waals surface area contributed by atoms with Crippen molar-refractivity contribution in [1.82, 2.24) is 4.98 Å². The van der Waals surface area contributed by atoms with Crippen molar-refractivity contribution in [1.29, 1.82) is 0 Å². The molecule has 25 heavy (non-hydrogen) atoms. The van der Waals surface area contributed by atoms with Crippen LogP contribution in [-0.2, 0) is 11.2 Å². The normalized spacial score (nSPS) is 12.1. The van der Waals surface area contributed by atoms with Gasteiger partial charge in [-0.05, 0) is 47.7 Å².